The molecule has 4 aromatic rings. The molecule has 11 heteroatoms. The number of ether oxygens (including phenoxy) is 1. The predicted octanol–water partition coefficient (Wildman–Crippen LogP) is 2.86. The van der Waals surface area contributed by atoms with E-state index in [2.05, 4.69) is 20.5 Å². The quantitative estimate of drug-likeness (QED) is 0.234. The average molecular weight is 466 g/mol. The molecule has 4 N–H and O–H groups in total. The molecule has 0 radical (unpaired) electrons. The van der Waals surface area contributed by atoms with Crippen molar-refractivity contribution in [2.45, 2.75) is 12.5 Å². The van der Waals surface area contributed by atoms with Gasteiger partial charge in [0, 0.05) is 36.6 Å². The summed E-state index contributed by atoms with van der Waals surface area (Å²) in [7, 11) is 1.85. The summed E-state index contributed by atoms with van der Waals surface area (Å²) in [5, 5.41) is 22.0. The lowest BCUT2D eigenvalue weighted by Crippen LogP contribution is -2.24. The minimum atomic E-state index is -0.261. The molecule has 3 aromatic heterocycles. The topological polar surface area (TPSA) is 132 Å². The van der Waals surface area contributed by atoms with Crippen LogP contribution in [0.5, 0.6) is 5.75 Å². The van der Waals surface area contributed by atoms with Crippen LogP contribution in [0.2, 0.25) is 5.02 Å². The number of aryl methyl sites for hydroxylation is 1. The van der Waals surface area contributed by atoms with E-state index in [1.165, 1.54) is 12.1 Å². The van der Waals surface area contributed by atoms with Gasteiger partial charge in [0.05, 0.1) is 52.3 Å². The van der Waals surface area contributed by atoms with Gasteiger partial charge in [0.2, 0.25) is 0 Å². The number of nitrogens with zero attached hydrogens (tertiary/aromatic N) is 5. The van der Waals surface area contributed by atoms with E-state index >= 15 is 0 Å². The Kier molecular flexibility index (Phi) is 5.14. The largest absolute Gasteiger partial charge is 0.508 e. The zero-order valence-electron chi connectivity index (χ0n) is 17.6. The Bertz CT molecular complexity index is 1410. The molecular weight excluding hydrogens is 446 g/mol. The number of anilines is 1. The van der Waals surface area contributed by atoms with Gasteiger partial charge in [0.15, 0.2) is 0 Å². The van der Waals surface area contributed by atoms with Crippen LogP contribution in [-0.4, -0.2) is 49.0 Å². The number of amidine groups is 1. The summed E-state index contributed by atoms with van der Waals surface area (Å²) in [5.41, 5.74) is 10.6. The monoisotopic (exact) mass is 465 g/mol. The van der Waals surface area contributed by atoms with Crippen LogP contribution in [0, 0.1) is 0 Å². The van der Waals surface area contributed by atoms with Crippen LogP contribution in [0.4, 0.5) is 11.4 Å². The number of fused-ring (bicyclic) bond motifs is 1. The van der Waals surface area contributed by atoms with Gasteiger partial charge >= 0.3 is 5.97 Å². The van der Waals surface area contributed by atoms with Crippen molar-refractivity contribution in [1.29, 1.82) is 0 Å². The van der Waals surface area contributed by atoms with Gasteiger partial charge in [-0.3, -0.25) is 9.48 Å². The highest BCUT2D eigenvalue weighted by Gasteiger charge is 2.26. The number of halogens is 1. The van der Waals surface area contributed by atoms with E-state index in [1.54, 1.807) is 27.7 Å². The van der Waals surface area contributed by atoms with Crippen molar-refractivity contribution in [3.63, 3.8) is 0 Å². The molecule has 1 aliphatic rings. The molecule has 10 nitrogen and oxygen atoms in total. The Morgan fingerprint density at radius 1 is 1.27 bits per heavy atom. The molecule has 1 atom stereocenters. The van der Waals surface area contributed by atoms with E-state index in [-0.39, 0.29) is 41.6 Å². The van der Waals surface area contributed by atoms with E-state index in [9.17, 15) is 9.90 Å². The number of carbonyl (C=O) groups excluding carboxylic acids is 1. The van der Waals surface area contributed by atoms with Crippen molar-refractivity contribution in [3.8, 4) is 16.9 Å². The van der Waals surface area contributed by atoms with Crippen molar-refractivity contribution in [1.82, 2.24) is 19.4 Å². The Morgan fingerprint density at radius 2 is 2.12 bits per heavy atom. The summed E-state index contributed by atoms with van der Waals surface area (Å²) < 4.78 is 8.57. The van der Waals surface area contributed by atoms with Gasteiger partial charge in [-0.25, -0.2) is 9.51 Å². The number of nitrogens with one attached hydrogen (secondary N) is 1. The number of hydrogen-bond donors (Lipinski definition) is 3. The van der Waals surface area contributed by atoms with Crippen molar-refractivity contribution in [3.05, 3.63) is 59.6 Å². The summed E-state index contributed by atoms with van der Waals surface area (Å²) in [5.74, 6) is -0.0532. The normalized spacial score (nSPS) is 16.4. The third kappa shape index (κ3) is 4.08. The minimum absolute atomic E-state index is 0.0324. The van der Waals surface area contributed by atoms with Gasteiger partial charge in [-0.05, 0) is 18.2 Å². The molecule has 1 saturated heterocycles. The van der Waals surface area contributed by atoms with Crippen LogP contribution in [0.3, 0.4) is 0 Å². The summed E-state index contributed by atoms with van der Waals surface area (Å²) in [4.78, 5) is 16.1. The van der Waals surface area contributed by atoms with E-state index in [0.29, 0.717) is 16.9 Å². The average Bonchev–Trinajstić information content (AvgIpc) is 3.50. The first-order valence-corrected chi connectivity index (χ1v) is 10.5. The Hall–Kier alpha value is -4.05. The second kappa shape index (κ2) is 8.14. The summed E-state index contributed by atoms with van der Waals surface area (Å²) in [6.45, 7) is 0.254. The van der Waals surface area contributed by atoms with Gasteiger partial charge in [-0.15, -0.1) is 0 Å². The molecule has 0 amide bonds. The maximum atomic E-state index is 11.7. The van der Waals surface area contributed by atoms with Gasteiger partial charge in [0.25, 0.3) is 0 Å². The number of nitrogens with two attached hydrogens (primary N) is 1. The second-order valence-corrected chi connectivity index (χ2v) is 8.16. The number of phenols is 1. The maximum absolute atomic E-state index is 11.7. The van der Waals surface area contributed by atoms with E-state index in [0.717, 1.165) is 16.6 Å². The van der Waals surface area contributed by atoms with Crippen LogP contribution in [0.25, 0.3) is 16.6 Å². The molecule has 0 saturated carbocycles. The first-order valence-electron chi connectivity index (χ1n) is 10.1. The molecule has 1 fully saturated rings. The lowest BCUT2D eigenvalue weighted by Gasteiger charge is -2.16. The molecule has 0 spiro atoms. The summed E-state index contributed by atoms with van der Waals surface area (Å²) >= 11 is 6.20. The van der Waals surface area contributed by atoms with Crippen molar-refractivity contribution < 1.29 is 14.6 Å². The van der Waals surface area contributed by atoms with E-state index < -0.39 is 0 Å². The number of esters is 1. The number of benzene rings is 1. The van der Waals surface area contributed by atoms with Crippen LogP contribution in [0.1, 0.15) is 12.0 Å². The number of aliphatic imine (C=N–C) groups is 1. The molecule has 0 aliphatic carbocycles. The summed E-state index contributed by atoms with van der Waals surface area (Å²) in [6.07, 6.45) is 7.42. The third-order valence-corrected chi connectivity index (χ3v) is 5.63. The predicted molar refractivity (Wildman–Crippen MR) is 124 cm³/mol. The van der Waals surface area contributed by atoms with Crippen molar-refractivity contribution >= 4 is 40.3 Å². The van der Waals surface area contributed by atoms with Crippen LogP contribution >= 0.6 is 11.6 Å². The second-order valence-electron chi connectivity index (χ2n) is 7.76. The highest BCUT2D eigenvalue weighted by atomic mass is 35.5. The standard InChI is InChI=1S/C22H20ClN7O3/c1-29-9-13(7-25-29)12-4-19-21(27-14-5-20(32)33-11-14)16(8-26-30(19)10-12)22(24)28-18-3-2-15(31)6-17(18)23/h2-4,6-10,14,27,31H,5,11H2,1H3,(H2,24,28). The Labute approximate surface area is 193 Å². The van der Waals surface area contributed by atoms with Gasteiger partial charge < -0.3 is 20.9 Å². The number of aromatic hydroxyl groups is 1. The van der Waals surface area contributed by atoms with Crippen molar-refractivity contribution in [2.24, 2.45) is 17.8 Å². The van der Waals surface area contributed by atoms with Gasteiger partial charge in [-0.1, -0.05) is 11.6 Å². The fraction of sp³-hybridized carbons (Fsp3) is 0.182. The van der Waals surface area contributed by atoms with Gasteiger partial charge in [0.1, 0.15) is 18.2 Å². The first-order chi connectivity index (χ1) is 15.9. The SMILES string of the molecule is Cn1cc(-c2cc3c(NC4COC(=O)C4)c(/C(N)=N/c4ccc(O)cc4Cl)cnn3c2)cn1. The molecule has 1 aromatic carbocycles. The van der Waals surface area contributed by atoms with Crippen LogP contribution in [0.15, 0.2) is 54.0 Å². The molecule has 0 bridgehead atoms. The third-order valence-electron chi connectivity index (χ3n) is 5.33. The molecule has 1 unspecified atom stereocenters. The number of hydrogen-bond acceptors (Lipinski definition) is 7. The van der Waals surface area contributed by atoms with Crippen LogP contribution < -0.4 is 11.1 Å². The van der Waals surface area contributed by atoms with Gasteiger partial charge in [-0.2, -0.15) is 10.2 Å². The molecule has 5 rings (SSSR count). The number of phenolic OH excluding ortho intramolecular Hbond substituents is 1. The number of cyclic esters (lactones) is 1. The maximum Gasteiger partial charge on any atom is 0.308 e. The molecule has 1 aliphatic heterocycles. The minimum Gasteiger partial charge on any atom is -0.508 e. The fourth-order valence-electron chi connectivity index (χ4n) is 3.72. The van der Waals surface area contributed by atoms with Crippen LogP contribution in [-0.2, 0) is 16.6 Å². The zero-order valence-corrected chi connectivity index (χ0v) is 18.3. The van der Waals surface area contributed by atoms with E-state index in [1.807, 2.05) is 25.5 Å². The molecule has 33 heavy (non-hydrogen) atoms. The smallest absolute Gasteiger partial charge is 0.308 e. The number of aromatic nitrogens is 4. The van der Waals surface area contributed by atoms with Crippen molar-refractivity contribution in [2.75, 3.05) is 11.9 Å². The first kappa shape index (κ1) is 20.8. The summed E-state index contributed by atoms with van der Waals surface area (Å²) in [6, 6.07) is 6.19. The fourth-order valence-corrected chi connectivity index (χ4v) is 3.93. The molecular formula is C22H20ClN7O3. The highest BCUT2D eigenvalue weighted by Crippen LogP contribution is 2.32. The molecule has 4 heterocycles. The Balaban J connectivity index is 1.62. The number of carbonyl (C=O) groups is 1. The lowest BCUT2D eigenvalue weighted by atomic mass is 10.1. The lowest BCUT2D eigenvalue weighted by molar-refractivity contribution is -0.137. The zero-order chi connectivity index (χ0) is 23.1. The number of rotatable bonds is 5. The van der Waals surface area contributed by atoms with E-state index in [4.69, 9.17) is 22.1 Å². The molecule has 168 valence electrons. The highest BCUT2D eigenvalue weighted by molar-refractivity contribution is 6.33. The Morgan fingerprint density at radius 3 is 2.82 bits per heavy atom.